The van der Waals surface area contributed by atoms with Gasteiger partial charge in [0.1, 0.15) is 23.0 Å². The third-order valence-electron chi connectivity index (χ3n) is 5.30. The standard InChI is InChI=1S/C26H26N2O8S/c1-33-20-14-24(35-3)21(25(15-20)36-4)11-12-37(32)16-17-5-10-23(34-2)22(13-17)27-26(29)18-6-8-19(9-7-18)28(30)31/h5-15H,16H2,1-4H3,(H,27,29). The van der Waals surface area contributed by atoms with E-state index >= 15 is 0 Å². The molecule has 1 unspecified atom stereocenters. The van der Waals surface area contributed by atoms with E-state index in [9.17, 15) is 19.1 Å². The maximum Gasteiger partial charge on any atom is 0.269 e. The molecule has 0 spiro atoms. The number of methoxy groups -OCH3 is 4. The maximum absolute atomic E-state index is 12.8. The first kappa shape index (κ1) is 27.2. The second-order valence-corrected chi connectivity index (χ2v) is 8.89. The molecule has 0 saturated heterocycles. The van der Waals surface area contributed by atoms with Crippen LogP contribution in [0.25, 0.3) is 6.08 Å². The van der Waals surface area contributed by atoms with Crippen molar-refractivity contribution in [3.63, 3.8) is 0 Å². The van der Waals surface area contributed by atoms with Crippen LogP contribution in [0.15, 0.2) is 60.0 Å². The maximum atomic E-state index is 12.8. The number of nitro groups is 1. The van der Waals surface area contributed by atoms with Crippen LogP contribution in [-0.4, -0.2) is 43.5 Å². The molecule has 0 saturated carbocycles. The smallest absolute Gasteiger partial charge is 0.269 e. The highest BCUT2D eigenvalue weighted by molar-refractivity contribution is 7.87. The zero-order valence-corrected chi connectivity index (χ0v) is 21.5. The van der Waals surface area contributed by atoms with Crippen molar-refractivity contribution in [2.24, 2.45) is 0 Å². The molecule has 11 heteroatoms. The largest absolute Gasteiger partial charge is 0.496 e. The van der Waals surface area contributed by atoms with E-state index in [4.69, 9.17) is 18.9 Å². The predicted octanol–water partition coefficient (Wildman–Crippen LogP) is 4.80. The summed E-state index contributed by atoms with van der Waals surface area (Å²) in [5, 5.41) is 15.1. The predicted molar refractivity (Wildman–Crippen MR) is 141 cm³/mol. The molecule has 3 aromatic rings. The molecule has 3 rings (SSSR count). The van der Waals surface area contributed by atoms with Crippen LogP contribution in [0.1, 0.15) is 21.5 Å². The van der Waals surface area contributed by atoms with Gasteiger partial charge in [-0.1, -0.05) is 6.07 Å². The quantitative estimate of drug-likeness (QED) is 0.279. The minimum Gasteiger partial charge on any atom is -0.496 e. The third kappa shape index (κ3) is 6.85. The molecule has 0 aliphatic rings. The lowest BCUT2D eigenvalue weighted by molar-refractivity contribution is -0.384. The summed E-state index contributed by atoms with van der Waals surface area (Å²) in [4.78, 5) is 23.0. The van der Waals surface area contributed by atoms with Gasteiger partial charge in [0.15, 0.2) is 0 Å². The van der Waals surface area contributed by atoms with E-state index in [1.54, 1.807) is 36.4 Å². The number of hydrogen-bond donors (Lipinski definition) is 1. The van der Waals surface area contributed by atoms with Gasteiger partial charge in [0.2, 0.25) is 0 Å². The fraction of sp³-hybridized carbons (Fsp3) is 0.192. The summed E-state index contributed by atoms with van der Waals surface area (Å²) in [5.74, 6) is 1.68. The number of rotatable bonds is 11. The fourth-order valence-corrected chi connectivity index (χ4v) is 4.32. The Kier molecular flexibility index (Phi) is 9.22. The second kappa shape index (κ2) is 12.5. The summed E-state index contributed by atoms with van der Waals surface area (Å²) < 4.78 is 34.3. The van der Waals surface area contributed by atoms with Crippen molar-refractivity contribution < 1.29 is 32.9 Å². The third-order valence-corrected chi connectivity index (χ3v) is 6.36. The minimum atomic E-state index is -1.41. The average Bonchev–Trinajstić information content (AvgIpc) is 2.91. The van der Waals surface area contributed by atoms with Gasteiger partial charge in [0, 0.05) is 35.2 Å². The minimum absolute atomic E-state index is 0.114. The molecule has 37 heavy (non-hydrogen) atoms. The molecule has 0 aliphatic heterocycles. The lowest BCUT2D eigenvalue weighted by Crippen LogP contribution is -2.13. The van der Waals surface area contributed by atoms with Gasteiger partial charge in [-0.25, -0.2) is 0 Å². The van der Waals surface area contributed by atoms with Crippen molar-refractivity contribution in [1.29, 1.82) is 0 Å². The SMILES string of the molecule is COc1cc(OC)c(C=CS(=O)Cc2ccc(OC)c(NC(=O)c3ccc([N+](=O)[O-])cc3)c2)c(OC)c1. The van der Waals surface area contributed by atoms with Crippen LogP contribution >= 0.6 is 0 Å². The Balaban J connectivity index is 1.78. The number of anilines is 1. The molecule has 10 nitrogen and oxygen atoms in total. The molecule has 0 radical (unpaired) electrons. The Labute approximate surface area is 216 Å². The van der Waals surface area contributed by atoms with Gasteiger partial charge in [-0.2, -0.15) is 0 Å². The number of benzene rings is 3. The highest BCUT2D eigenvalue weighted by atomic mass is 32.2. The first-order chi connectivity index (χ1) is 17.8. The van der Waals surface area contributed by atoms with Gasteiger partial charge in [-0.05, 0) is 35.9 Å². The van der Waals surface area contributed by atoms with E-state index in [0.717, 1.165) is 0 Å². The molecule has 0 aliphatic carbocycles. The highest BCUT2D eigenvalue weighted by Crippen LogP contribution is 2.35. The Morgan fingerprint density at radius 1 is 0.919 bits per heavy atom. The van der Waals surface area contributed by atoms with Crippen molar-refractivity contribution in [1.82, 2.24) is 0 Å². The van der Waals surface area contributed by atoms with E-state index < -0.39 is 21.6 Å². The van der Waals surface area contributed by atoms with Crippen molar-refractivity contribution >= 4 is 34.2 Å². The van der Waals surface area contributed by atoms with Crippen LogP contribution in [0.3, 0.4) is 0 Å². The van der Waals surface area contributed by atoms with E-state index in [0.29, 0.717) is 39.8 Å². The summed E-state index contributed by atoms with van der Waals surface area (Å²) in [5.41, 5.74) is 1.81. The number of nitrogens with one attached hydrogen (secondary N) is 1. The van der Waals surface area contributed by atoms with Crippen LogP contribution in [-0.2, 0) is 16.6 Å². The molecule has 194 valence electrons. The molecule has 0 bridgehead atoms. The van der Waals surface area contributed by atoms with Gasteiger partial charge in [0.05, 0.1) is 61.2 Å². The van der Waals surface area contributed by atoms with Crippen molar-refractivity contribution in [2.45, 2.75) is 5.75 Å². The molecule has 3 aromatic carbocycles. The zero-order chi connectivity index (χ0) is 26.9. The second-order valence-electron chi connectivity index (χ2n) is 7.57. The monoisotopic (exact) mass is 526 g/mol. The highest BCUT2D eigenvalue weighted by Gasteiger charge is 2.14. The molecule has 0 heterocycles. The lowest BCUT2D eigenvalue weighted by Gasteiger charge is -2.13. The first-order valence-corrected chi connectivity index (χ1v) is 12.3. The Morgan fingerprint density at radius 2 is 1.54 bits per heavy atom. The summed E-state index contributed by atoms with van der Waals surface area (Å²) in [6.45, 7) is 0. The van der Waals surface area contributed by atoms with Crippen LogP contribution < -0.4 is 24.3 Å². The summed E-state index contributed by atoms with van der Waals surface area (Å²) in [6.07, 6.45) is 1.66. The van der Waals surface area contributed by atoms with Crippen molar-refractivity contribution in [3.8, 4) is 23.0 Å². The zero-order valence-electron chi connectivity index (χ0n) is 20.7. The number of carbonyl (C=O) groups excluding carboxylic acids is 1. The fourth-order valence-electron chi connectivity index (χ4n) is 3.42. The number of amides is 1. The van der Waals surface area contributed by atoms with Gasteiger partial charge >= 0.3 is 0 Å². The molecule has 1 atom stereocenters. The Morgan fingerprint density at radius 3 is 2.08 bits per heavy atom. The number of hydrogen-bond acceptors (Lipinski definition) is 8. The molecule has 1 N–H and O–H groups in total. The van der Waals surface area contributed by atoms with E-state index in [1.807, 2.05) is 0 Å². The van der Waals surface area contributed by atoms with Gasteiger partial charge in [-0.3, -0.25) is 19.1 Å². The molecule has 0 aromatic heterocycles. The summed E-state index contributed by atoms with van der Waals surface area (Å²) in [7, 11) is 4.63. The number of nitro benzene ring substituents is 1. The summed E-state index contributed by atoms with van der Waals surface area (Å²) >= 11 is 0. The number of nitrogens with zero attached hydrogens (tertiary/aromatic N) is 1. The molecular formula is C26H26N2O8S. The molecule has 0 fully saturated rings. The number of carbonyl (C=O) groups is 1. The topological polar surface area (TPSA) is 126 Å². The van der Waals surface area contributed by atoms with Crippen LogP contribution in [0.4, 0.5) is 11.4 Å². The molecule has 1 amide bonds. The van der Waals surface area contributed by atoms with Crippen LogP contribution in [0.2, 0.25) is 0 Å². The number of non-ortho nitro benzene ring substituents is 1. The van der Waals surface area contributed by atoms with E-state index in [2.05, 4.69) is 5.32 Å². The normalized spacial score (nSPS) is 11.6. The van der Waals surface area contributed by atoms with Gasteiger partial charge < -0.3 is 24.3 Å². The first-order valence-electron chi connectivity index (χ1n) is 10.9. The summed E-state index contributed by atoms with van der Waals surface area (Å²) in [6, 6.07) is 13.7. The van der Waals surface area contributed by atoms with Crippen molar-refractivity contribution in [2.75, 3.05) is 33.8 Å². The van der Waals surface area contributed by atoms with Gasteiger partial charge in [0.25, 0.3) is 11.6 Å². The average molecular weight is 527 g/mol. The van der Waals surface area contributed by atoms with E-state index in [-0.39, 0.29) is 17.0 Å². The molecular weight excluding hydrogens is 500 g/mol. The Hall–Kier alpha value is -4.38. The van der Waals surface area contributed by atoms with Crippen LogP contribution in [0, 0.1) is 10.1 Å². The van der Waals surface area contributed by atoms with Crippen LogP contribution in [0.5, 0.6) is 23.0 Å². The van der Waals surface area contributed by atoms with Crippen molar-refractivity contribution in [3.05, 3.63) is 86.8 Å². The Bertz CT molecular complexity index is 1310. The van der Waals surface area contributed by atoms with Gasteiger partial charge in [-0.15, -0.1) is 0 Å². The lowest BCUT2D eigenvalue weighted by atomic mass is 10.1. The van der Waals surface area contributed by atoms with E-state index in [1.165, 1.54) is 58.1 Å². The number of ether oxygens (including phenoxy) is 4.